The average Bonchev–Trinajstić information content (AvgIpc) is 3.93. The number of hydrogen-bond acceptors (Lipinski definition) is 1. The summed E-state index contributed by atoms with van der Waals surface area (Å²) in [5.74, 6) is 0. The first-order valence-electron chi connectivity index (χ1n) is 21.6. The fourth-order valence-corrected chi connectivity index (χ4v) is 7.85. The summed E-state index contributed by atoms with van der Waals surface area (Å²) in [6.45, 7) is 1.42. The Morgan fingerprint density at radius 1 is 0.543 bits per heavy atom. The van der Waals surface area contributed by atoms with E-state index in [4.69, 9.17) is 11.0 Å². The van der Waals surface area contributed by atoms with Crippen LogP contribution < -0.4 is 0 Å². The molecule has 0 saturated carbocycles. The van der Waals surface area contributed by atoms with Gasteiger partial charge in [0, 0.05) is 58.7 Å². The first-order chi connectivity index (χ1) is 28.6. The topological polar surface area (TPSA) is 9.86 Å². The second-order valence-electron chi connectivity index (χ2n) is 11.1. The Kier molecular flexibility index (Phi) is 3.28. The number of nitrogens with zero attached hydrogens (tertiary/aromatic N) is 2. The summed E-state index contributed by atoms with van der Waals surface area (Å²) in [5, 5.41) is 1.52. The third-order valence-electron chi connectivity index (χ3n) is 8.52. The van der Waals surface area contributed by atoms with E-state index in [0.29, 0.717) is 5.69 Å². The standard InChI is InChI=1S/C43H28N2S/c1-27-12-11-15-29(24-27)44-36-19-8-5-17-32(36)41-38(44)22-23-39-42(41)33-18-6-9-20-37(33)45(39)30-25-34(28-13-3-2-4-14-28)43-35(26-30)31-16-7-10-21-40(31)46-43/h2-26H,1H3/i5D,6D,8D,9D,11D,12D,15D,17D,18D,19D,20D,22D,23D,24D. The Bertz CT molecular complexity index is 3580. The van der Waals surface area contributed by atoms with E-state index in [9.17, 15) is 8.22 Å². The molecule has 10 aromatic rings. The average molecular weight is 619 g/mol. The molecule has 216 valence electrons. The Balaban J connectivity index is 1.53. The van der Waals surface area contributed by atoms with Gasteiger partial charge in [0.25, 0.3) is 0 Å². The summed E-state index contributed by atoms with van der Waals surface area (Å²) < 4.78 is 132. The van der Waals surface area contributed by atoms with Crippen LogP contribution >= 0.6 is 11.3 Å². The minimum Gasteiger partial charge on any atom is -0.309 e. The molecular weight excluding hydrogens is 577 g/mol. The number of aromatic nitrogens is 2. The van der Waals surface area contributed by atoms with Gasteiger partial charge in [-0.05, 0) is 72.5 Å². The maximum atomic E-state index is 9.81. The van der Waals surface area contributed by atoms with Gasteiger partial charge < -0.3 is 9.13 Å². The number of thiophene rings is 1. The van der Waals surface area contributed by atoms with Crippen molar-refractivity contribution in [2.75, 3.05) is 0 Å². The second-order valence-corrected chi connectivity index (χ2v) is 12.2. The van der Waals surface area contributed by atoms with Gasteiger partial charge in [-0.25, -0.2) is 0 Å². The minimum atomic E-state index is -0.655. The lowest BCUT2D eigenvalue weighted by molar-refractivity contribution is 1.17. The van der Waals surface area contributed by atoms with Crippen LogP contribution in [0.2, 0.25) is 0 Å². The highest BCUT2D eigenvalue weighted by Gasteiger charge is 2.21. The van der Waals surface area contributed by atoms with Crippen molar-refractivity contribution in [2.45, 2.75) is 6.92 Å². The first-order valence-corrected chi connectivity index (χ1v) is 15.5. The highest BCUT2D eigenvalue weighted by Crippen LogP contribution is 2.45. The summed E-state index contributed by atoms with van der Waals surface area (Å²) in [6, 6.07) is 13.9. The van der Waals surface area contributed by atoms with Crippen molar-refractivity contribution in [2.24, 2.45) is 0 Å². The molecule has 0 bridgehead atoms. The molecule has 7 aromatic carbocycles. The van der Waals surface area contributed by atoms with Crippen molar-refractivity contribution in [3.63, 3.8) is 0 Å². The van der Waals surface area contributed by atoms with E-state index in [1.54, 1.807) is 15.9 Å². The van der Waals surface area contributed by atoms with Gasteiger partial charge in [0.05, 0.1) is 41.3 Å². The summed E-state index contributed by atoms with van der Waals surface area (Å²) in [6.07, 6.45) is 0. The highest BCUT2D eigenvalue weighted by atomic mass is 32.1. The van der Waals surface area contributed by atoms with Crippen LogP contribution in [0, 0.1) is 6.92 Å². The molecule has 0 amide bonds. The lowest BCUT2D eigenvalue weighted by Gasteiger charge is -2.13. The summed E-state index contributed by atoms with van der Waals surface area (Å²) in [7, 11) is 0. The third-order valence-corrected chi connectivity index (χ3v) is 9.74. The van der Waals surface area contributed by atoms with Gasteiger partial charge in [-0.2, -0.15) is 0 Å². The molecule has 0 fully saturated rings. The molecule has 0 spiro atoms. The van der Waals surface area contributed by atoms with Gasteiger partial charge >= 0.3 is 0 Å². The van der Waals surface area contributed by atoms with Gasteiger partial charge in [-0.15, -0.1) is 11.3 Å². The number of benzene rings is 7. The predicted octanol–water partition coefficient (Wildman–Crippen LogP) is 12.2. The zero-order valence-corrected chi connectivity index (χ0v) is 25.0. The number of hydrogen-bond donors (Lipinski definition) is 0. The van der Waals surface area contributed by atoms with Crippen LogP contribution in [0.1, 0.15) is 24.8 Å². The minimum absolute atomic E-state index is 0.0105. The van der Waals surface area contributed by atoms with Gasteiger partial charge in [-0.1, -0.05) is 96.9 Å². The van der Waals surface area contributed by atoms with Crippen LogP contribution in [0.5, 0.6) is 0 Å². The Labute approximate surface area is 289 Å². The van der Waals surface area contributed by atoms with Crippen molar-refractivity contribution >= 4 is 75.1 Å². The van der Waals surface area contributed by atoms with E-state index in [2.05, 4.69) is 0 Å². The van der Waals surface area contributed by atoms with Crippen LogP contribution in [0.3, 0.4) is 0 Å². The van der Waals surface area contributed by atoms with Crippen molar-refractivity contribution in [3.05, 3.63) is 157 Å². The van der Waals surface area contributed by atoms with E-state index in [-0.39, 0.29) is 60.9 Å². The number of fused-ring (bicyclic) bond motifs is 10. The summed E-state index contributed by atoms with van der Waals surface area (Å²) in [4.78, 5) is 0. The lowest BCUT2D eigenvalue weighted by atomic mass is 10.0. The molecular formula is C43H28N2S. The molecule has 10 rings (SSSR count). The van der Waals surface area contributed by atoms with Crippen molar-refractivity contribution in [1.29, 1.82) is 0 Å². The molecule has 3 heteroatoms. The van der Waals surface area contributed by atoms with E-state index >= 15 is 0 Å². The first kappa shape index (κ1) is 15.6. The molecule has 0 aliphatic carbocycles. The van der Waals surface area contributed by atoms with Crippen LogP contribution in [-0.2, 0) is 0 Å². The van der Waals surface area contributed by atoms with Crippen LogP contribution in [0.15, 0.2) is 151 Å². The molecule has 0 atom stereocenters. The van der Waals surface area contributed by atoms with E-state index in [1.807, 2.05) is 66.7 Å². The van der Waals surface area contributed by atoms with Gasteiger partial charge in [0.1, 0.15) is 0 Å². The SMILES string of the molecule is [2H]c1c([2H])c(C)c([2H])c(-n2c3c([2H])c([2H])c([2H])c([2H])c3c3c4c5c([2H])c([2H])c([2H])c([2H])c5n(-c5cc(-c6ccccc6)c6sc7ccccc7c6c5)c4c([2H])c([2H])c32)c1[2H]. The molecule has 46 heavy (non-hydrogen) atoms. The smallest absolute Gasteiger partial charge is 0.0648 e. The highest BCUT2D eigenvalue weighted by molar-refractivity contribution is 7.26. The summed E-state index contributed by atoms with van der Waals surface area (Å²) in [5.41, 5.74) is 1.25. The molecule has 3 aromatic heterocycles. The molecule has 0 N–H and O–H groups in total. The lowest BCUT2D eigenvalue weighted by Crippen LogP contribution is -1.96. The largest absolute Gasteiger partial charge is 0.309 e. The van der Waals surface area contributed by atoms with E-state index in [0.717, 1.165) is 35.9 Å². The molecule has 0 unspecified atom stereocenters. The van der Waals surface area contributed by atoms with Crippen molar-refractivity contribution in [3.8, 4) is 22.5 Å². The molecule has 0 aliphatic rings. The van der Waals surface area contributed by atoms with Crippen LogP contribution in [-0.4, -0.2) is 9.13 Å². The predicted molar refractivity (Wildman–Crippen MR) is 198 cm³/mol. The Morgan fingerprint density at radius 2 is 1.20 bits per heavy atom. The quantitative estimate of drug-likeness (QED) is 0.186. The molecule has 3 heterocycles. The van der Waals surface area contributed by atoms with E-state index < -0.39 is 78.6 Å². The maximum Gasteiger partial charge on any atom is 0.0648 e. The second kappa shape index (κ2) is 9.68. The fourth-order valence-electron chi connectivity index (χ4n) is 6.63. The molecule has 0 radical (unpaired) electrons. The zero-order valence-electron chi connectivity index (χ0n) is 38.2. The monoisotopic (exact) mass is 618 g/mol. The molecule has 2 nitrogen and oxygen atoms in total. The summed E-state index contributed by atoms with van der Waals surface area (Å²) >= 11 is 1.60. The van der Waals surface area contributed by atoms with Crippen LogP contribution in [0.25, 0.3) is 86.3 Å². The Morgan fingerprint density at radius 3 is 1.93 bits per heavy atom. The Hall–Kier alpha value is -5.64. The van der Waals surface area contributed by atoms with Gasteiger partial charge in [-0.3, -0.25) is 0 Å². The molecule has 0 saturated heterocycles. The fraction of sp³-hybridized carbons (Fsp3) is 0.0233. The number of rotatable bonds is 3. The van der Waals surface area contributed by atoms with Gasteiger partial charge in [0.15, 0.2) is 0 Å². The third kappa shape index (κ3) is 3.58. The molecule has 0 aliphatic heterocycles. The van der Waals surface area contributed by atoms with Crippen molar-refractivity contribution < 1.29 is 19.2 Å². The van der Waals surface area contributed by atoms with Crippen LogP contribution in [0.4, 0.5) is 0 Å². The number of para-hydroxylation sites is 2. The van der Waals surface area contributed by atoms with Gasteiger partial charge in [0.2, 0.25) is 0 Å². The van der Waals surface area contributed by atoms with Crippen molar-refractivity contribution in [1.82, 2.24) is 9.13 Å². The normalized spacial score (nSPS) is 16.3. The zero-order chi connectivity index (χ0) is 42.5. The maximum absolute atomic E-state index is 9.81. The van der Waals surface area contributed by atoms with E-state index in [1.165, 1.54) is 6.92 Å².